The van der Waals surface area contributed by atoms with Gasteiger partial charge in [-0.05, 0) is 56.3 Å². The smallest absolute Gasteiger partial charge is 0.226 e. The number of morpholine rings is 1. The first kappa shape index (κ1) is 22.6. The Morgan fingerprint density at radius 1 is 1.23 bits per heavy atom. The van der Waals surface area contributed by atoms with Gasteiger partial charge in [0.2, 0.25) is 5.91 Å². The van der Waals surface area contributed by atoms with Crippen LogP contribution in [-0.4, -0.2) is 62.8 Å². The second-order valence-corrected chi connectivity index (χ2v) is 11.1. The fourth-order valence-corrected chi connectivity index (χ4v) is 7.12. The Kier molecular flexibility index (Phi) is 5.78. The Morgan fingerprint density at radius 3 is 2.86 bits per heavy atom. The van der Waals surface area contributed by atoms with Gasteiger partial charge in [0, 0.05) is 16.9 Å². The molecule has 0 radical (unpaired) electrons. The van der Waals surface area contributed by atoms with E-state index in [2.05, 4.69) is 38.7 Å². The lowest BCUT2D eigenvalue weighted by Gasteiger charge is -2.41. The number of amides is 1. The maximum atomic E-state index is 13.5. The van der Waals surface area contributed by atoms with Gasteiger partial charge >= 0.3 is 0 Å². The van der Waals surface area contributed by atoms with E-state index in [1.807, 2.05) is 17.0 Å². The van der Waals surface area contributed by atoms with Gasteiger partial charge in [-0.1, -0.05) is 4.49 Å². The zero-order valence-corrected chi connectivity index (χ0v) is 21.4. The van der Waals surface area contributed by atoms with Crippen LogP contribution in [-0.2, 0) is 22.4 Å². The first-order valence-electron chi connectivity index (χ1n) is 11.8. The van der Waals surface area contributed by atoms with E-state index in [0.717, 1.165) is 51.2 Å². The zero-order valence-electron chi connectivity index (χ0n) is 19.8. The van der Waals surface area contributed by atoms with Crippen molar-refractivity contribution < 1.29 is 14.3 Å². The maximum absolute atomic E-state index is 13.5. The molecule has 1 aliphatic carbocycles. The normalized spacial score (nSPS) is 22.4. The number of methoxy groups -OCH3 is 1. The number of carbonyl (C=O) groups is 1. The van der Waals surface area contributed by atoms with Gasteiger partial charge < -0.3 is 19.7 Å². The fraction of sp³-hybridized carbons (Fsp3) is 0.458. The molecule has 11 heteroatoms. The molecule has 6 rings (SSSR count). The van der Waals surface area contributed by atoms with Crippen LogP contribution in [0.2, 0.25) is 0 Å². The summed E-state index contributed by atoms with van der Waals surface area (Å²) >= 11 is 3.02. The molecule has 0 saturated carbocycles. The highest BCUT2D eigenvalue weighted by molar-refractivity contribution is 7.19. The minimum Gasteiger partial charge on any atom is -0.494 e. The number of aryl methyl sites for hydroxylation is 1. The summed E-state index contributed by atoms with van der Waals surface area (Å²) in [6, 6.07) is 4.09. The van der Waals surface area contributed by atoms with Crippen LogP contribution >= 0.6 is 22.9 Å². The van der Waals surface area contributed by atoms with Crippen LogP contribution in [0.3, 0.4) is 0 Å². The van der Waals surface area contributed by atoms with E-state index in [-0.39, 0.29) is 23.9 Å². The predicted octanol–water partition coefficient (Wildman–Crippen LogP) is 4.19. The molecule has 4 aromatic rings. The van der Waals surface area contributed by atoms with Crippen molar-refractivity contribution in [3.05, 3.63) is 28.9 Å². The number of rotatable bonds is 4. The van der Waals surface area contributed by atoms with Crippen LogP contribution in [0, 0.1) is 5.92 Å². The topological polar surface area (TPSA) is 102 Å². The summed E-state index contributed by atoms with van der Waals surface area (Å²) in [5.74, 6) is 1.67. The molecule has 0 bridgehead atoms. The van der Waals surface area contributed by atoms with Crippen LogP contribution < -0.4 is 10.1 Å². The van der Waals surface area contributed by atoms with Crippen LogP contribution in [0.4, 0.5) is 11.5 Å². The van der Waals surface area contributed by atoms with Crippen molar-refractivity contribution in [2.45, 2.75) is 45.2 Å². The molecule has 1 aliphatic heterocycles. The van der Waals surface area contributed by atoms with E-state index >= 15 is 0 Å². The molecule has 1 aromatic carbocycles. The summed E-state index contributed by atoms with van der Waals surface area (Å²) in [4.78, 5) is 26.8. The molecule has 182 valence electrons. The number of hydrogen-bond donors (Lipinski definition) is 1. The summed E-state index contributed by atoms with van der Waals surface area (Å²) in [5, 5.41) is 8.65. The molecule has 0 unspecified atom stereocenters. The number of aromatic nitrogens is 4. The van der Waals surface area contributed by atoms with Gasteiger partial charge in [0.15, 0.2) is 0 Å². The predicted molar refractivity (Wildman–Crippen MR) is 137 cm³/mol. The summed E-state index contributed by atoms with van der Waals surface area (Å²) in [5.41, 5.74) is 2.86. The van der Waals surface area contributed by atoms with Crippen molar-refractivity contribution in [3.8, 4) is 5.75 Å². The summed E-state index contributed by atoms with van der Waals surface area (Å²) < 4.78 is 16.2. The lowest BCUT2D eigenvalue weighted by molar-refractivity contribution is -0.149. The van der Waals surface area contributed by atoms with Crippen LogP contribution in [0.25, 0.3) is 20.4 Å². The maximum Gasteiger partial charge on any atom is 0.226 e. The van der Waals surface area contributed by atoms with Gasteiger partial charge in [0.05, 0.1) is 48.2 Å². The monoisotopic (exact) mass is 510 g/mol. The number of carbonyl (C=O) groups excluding carboxylic acids is 1. The molecule has 2 aliphatic rings. The van der Waals surface area contributed by atoms with Gasteiger partial charge in [0.25, 0.3) is 0 Å². The van der Waals surface area contributed by atoms with Crippen molar-refractivity contribution in [1.29, 1.82) is 0 Å². The summed E-state index contributed by atoms with van der Waals surface area (Å²) in [6.45, 7) is 5.36. The third-order valence-corrected chi connectivity index (χ3v) is 8.79. The largest absolute Gasteiger partial charge is 0.494 e. The van der Waals surface area contributed by atoms with Gasteiger partial charge in [-0.3, -0.25) is 4.79 Å². The average Bonchev–Trinajstić information content (AvgIpc) is 3.47. The first-order valence-corrected chi connectivity index (χ1v) is 13.3. The molecule has 1 saturated heterocycles. The fourth-order valence-electron chi connectivity index (χ4n) is 5.27. The van der Waals surface area contributed by atoms with Crippen molar-refractivity contribution >= 4 is 60.7 Å². The zero-order chi connectivity index (χ0) is 24.1. The lowest BCUT2D eigenvalue weighted by atomic mass is 9.86. The molecular formula is C24H26N6O3S2. The lowest BCUT2D eigenvalue weighted by Crippen LogP contribution is -2.54. The van der Waals surface area contributed by atoms with Crippen molar-refractivity contribution in [2.24, 2.45) is 5.92 Å². The van der Waals surface area contributed by atoms with Crippen LogP contribution in [0.15, 0.2) is 18.5 Å². The number of benzene rings is 1. The average molecular weight is 511 g/mol. The highest BCUT2D eigenvalue weighted by Gasteiger charge is 2.36. The number of anilines is 2. The van der Waals surface area contributed by atoms with Crippen LogP contribution in [0.5, 0.6) is 5.75 Å². The van der Waals surface area contributed by atoms with E-state index in [4.69, 9.17) is 9.47 Å². The van der Waals surface area contributed by atoms with Crippen LogP contribution in [0.1, 0.15) is 30.7 Å². The molecule has 1 N–H and O–H groups in total. The first-order chi connectivity index (χ1) is 17.0. The van der Waals surface area contributed by atoms with E-state index in [1.54, 1.807) is 24.8 Å². The van der Waals surface area contributed by atoms with E-state index in [0.29, 0.717) is 19.0 Å². The molecule has 3 atom stereocenters. The second-order valence-electron chi connectivity index (χ2n) is 9.25. The standard InChI is InChI=1S/C24H26N6O3S2/c1-12-9-33-10-13(2)30(12)24(31)14-4-5-15-19(6-14)34-23-21(15)22(25-11-26-23)27-16-8-20-17(28-29-35-20)7-18(16)32-3/h7-8,11-14H,4-6,9-10H2,1-3H3,(H,25,26,27)/t12-,13-,14-/m0/s1. The minimum absolute atomic E-state index is 0.00994. The van der Waals surface area contributed by atoms with Crippen molar-refractivity contribution in [3.63, 3.8) is 0 Å². The molecule has 35 heavy (non-hydrogen) atoms. The minimum atomic E-state index is -0.00994. The van der Waals surface area contributed by atoms with Gasteiger partial charge in [-0.2, -0.15) is 0 Å². The van der Waals surface area contributed by atoms with Gasteiger partial charge in [0.1, 0.15) is 28.2 Å². The molecule has 4 heterocycles. The SMILES string of the molecule is COc1cc2nnsc2cc1Nc1ncnc2sc3c(c12)CC[C@H](C(=O)N1[C@@H](C)COC[C@@H]1C)C3. The van der Waals surface area contributed by atoms with Crippen molar-refractivity contribution in [1.82, 2.24) is 24.5 Å². The Bertz CT molecular complexity index is 1410. The Labute approximate surface area is 210 Å². The van der Waals surface area contributed by atoms with Crippen molar-refractivity contribution in [2.75, 3.05) is 25.6 Å². The molecule has 1 fully saturated rings. The van der Waals surface area contributed by atoms with Gasteiger partial charge in [-0.15, -0.1) is 16.4 Å². The van der Waals surface area contributed by atoms with Gasteiger partial charge in [-0.25, -0.2) is 9.97 Å². The highest BCUT2D eigenvalue weighted by Crippen LogP contribution is 2.42. The molecule has 1 amide bonds. The number of hydrogen-bond acceptors (Lipinski definition) is 10. The number of nitrogens with zero attached hydrogens (tertiary/aromatic N) is 5. The second kappa shape index (κ2) is 8.96. The Hall–Kier alpha value is -2.89. The van der Waals surface area contributed by atoms with E-state index in [1.165, 1.54) is 22.0 Å². The summed E-state index contributed by atoms with van der Waals surface area (Å²) in [6.07, 6.45) is 3.99. The van der Waals surface area contributed by atoms with E-state index < -0.39 is 0 Å². The number of nitrogens with one attached hydrogen (secondary N) is 1. The number of thiophene rings is 1. The quantitative estimate of drug-likeness (QED) is 0.436. The number of fused-ring (bicyclic) bond motifs is 4. The third-order valence-electron chi connectivity index (χ3n) is 6.94. The highest BCUT2D eigenvalue weighted by atomic mass is 32.1. The van der Waals surface area contributed by atoms with E-state index in [9.17, 15) is 4.79 Å². The Balaban J connectivity index is 1.32. The molecule has 3 aromatic heterocycles. The Morgan fingerprint density at radius 2 is 2.06 bits per heavy atom. The molecule has 0 spiro atoms. The molecular weight excluding hydrogens is 484 g/mol. The third kappa shape index (κ3) is 3.91. The number of ether oxygens (including phenoxy) is 2. The summed E-state index contributed by atoms with van der Waals surface area (Å²) in [7, 11) is 1.64. The molecule has 9 nitrogen and oxygen atoms in total.